The third-order valence-electron chi connectivity index (χ3n) is 3.68. The van der Waals surface area contributed by atoms with Gasteiger partial charge in [-0.2, -0.15) is 0 Å². The third kappa shape index (κ3) is 3.24. The summed E-state index contributed by atoms with van der Waals surface area (Å²) in [6.45, 7) is 2.65. The fourth-order valence-electron chi connectivity index (χ4n) is 2.43. The molecule has 116 valence electrons. The van der Waals surface area contributed by atoms with Crippen molar-refractivity contribution in [2.24, 2.45) is 0 Å². The molecule has 0 fully saturated rings. The molecule has 0 saturated heterocycles. The van der Waals surface area contributed by atoms with Gasteiger partial charge in [0.25, 0.3) is 0 Å². The van der Waals surface area contributed by atoms with Gasteiger partial charge in [-0.3, -0.25) is 4.79 Å². The van der Waals surface area contributed by atoms with E-state index < -0.39 is 0 Å². The van der Waals surface area contributed by atoms with E-state index in [9.17, 15) is 4.79 Å². The van der Waals surface area contributed by atoms with Gasteiger partial charge in [-0.25, -0.2) is 0 Å². The predicted molar refractivity (Wildman–Crippen MR) is 80.8 cm³/mol. The number of fused-ring (bicyclic) bond motifs is 1. The van der Waals surface area contributed by atoms with Gasteiger partial charge in [0, 0.05) is 13.5 Å². The number of ether oxygens (including phenoxy) is 2. The number of carbonyl (C=O) groups is 1. The number of nitrogens with zero attached hydrogens (tertiary/aromatic N) is 1. The average molecular weight is 301 g/mol. The zero-order valence-electron chi connectivity index (χ0n) is 12.8. The van der Waals surface area contributed by atoms with Crippen LogP contribution in [0.2, 0.25) is 0 Å². The molecule has 1 aromatic carbocycles. The Bertz CT molecular complexity index is 677. The maximum absolute atomic E-state index is 12.2. The first-order chi connectivity index (χ1) is 10.6. The lowest BCUT2D eigenvalue weighted by atomic mass is 10.1. The van der Waals surface area contributed by atoms with Crippen molar-refractivity contribution in [1.29, 1.82) is 0 Å². The minimum absolute atomic E-state index is 0.0896. The van der Waals surface area contributed by atoms with E-state index in [-0.39, 0.29) is 12.7 Å². The molecule has 0 unspecified atom stereocenters. The van der Waals surface area contributed by atoms with Crippen molar-refractivity contribution in [3.8, 4) is 11.5 Å². The largest absolute Gasteiger partial charge is 0.464 e. The van der Waals surface area contributed by atoms with E-state index in [2.05, 4.69) is 0 Å². The standard InChI is InChI=1S/C17H19NO4/c1-12-3-6-14(22-12)10-18(2)17(19)8-5-13-4-7-15-16(9-13)21-11-20-15/h3-4,6-7,9H,5,8,10-11H2,1-2H3. The zero-order chi connectivity index (χ0) is 15.5. The number of hydrogen-bond donors (Lipinski definition) is 0. The van der Waals surface area contributed by atoms with Gasteiger partial charge in [0.05, 0.1) is 6.54 Å². The number of hydrogen-bond acceptors (Lipinski definition) is 4. The summed E-state index contributed by atoms with van der Waals surface area (Å²) >= 11 is 0. The second-order valence-electron chi connectivity index (χ2n) is 5.45. The van der Waals surface area contributed by atoms with Crippen molar-refractivity contribution in [1.82, 2.24) is 4.90 Å². The van der Waals surface area contributed by atoms with Gasteiger partial charge in [-0.05, 0) is 43.2 Å². The molecule has 0 spiro atoms. The van der Waals surface area contributed by atoms with Crippen LogP contribution in [-0.4, -0.2) is 24.6 Å². The van der Waals surface area contributed by atoms with Crippen LogP contribution in [0.4, 0.5) is 0 Å². The number of furan rings is 1. The summed E-state index contributed by atoms with van der Waals surface area (Å²) in [6.07, 6.45) is 1.13. The zero-order valence-corrected chi connectivity index (χ0v) is 12.8. The van der Waals surface area contributed by atoms with Crippen molar-refractivity contribution in [2.45, 2.75) is 26.3 Å². The van der Waals surface area contributed by atoms with Crippen LogP contribution in [0, 0.1) is 6.92 Å². The molecule has 1 aliphatic heterocycles. The summed E-state index contributed by atoms with van der Waals surface area (Å²) in [5.74, 6) is 3.27. The molecule has 1 aliphatic rings. The van der Waals surface area contributed by atoms with Crippen LogP contribution in [0.15, 0.2) is 34.7 Å². The molecule has 0 bridgehead atoms. The summed E-state index contributed by atoms with van der Waals surface area (Å²) in [5.41, 5.74) is 1.07. The van der Waals surface area contributed by atoms with Crippen LogP contribution in [-0.2, 0) is 17.8 Å². The van der Waals surface area contributed by atoms with E-state index in [4.69, 9.17) is 13.9 Å². The fraction of sp³-hybridized carbons (Fsp3) is 0.353. The van der Waals surface area contributed by atoms with Gasteiger partial charge < -0.3 is 18.8 Å². The molecular formula is C17H19NO4. The van der Waals surface area contributed by atoms with E-state index in [0.29, 0.717) is 19.4 Å². The van der Waals surface area contributed by atoms with Crippen molar-refractivity contribution in [2.75, 3.05) is 13.8 Å². The minimum atomic E-state index is 0.0896. The molecule has 22 heavy (non-hydrogen) atoms. The third-order valence-corrected chi connectivity index (χ3v) is 3.68. The van der Waals surface area contributed by atoms with Crippen LogP contribution < -0.4 is 9.47 Å². The van der Waals surface area contributed by atoms with Crippen LogP contribution in [0.3, 0.4) is 0 Å². The maximum atomic E-state index is 12.2. The number of carbonyl (C=O) groups excluding carboxylic acids is 1. The van der Waals surface area contributed by atoms with Crippen molar-refractivity contribution in [3.05, 3.63) is 47.4 Å². The second kappa shape index (κ2) is 6.13. The van der Waals surface area contributed by atoms with E-state index in [1.807, 2.05) is 37.3 Å². The number of benzene rings is 1. The van der Waals surface area contributed by atoms with E-state index in [1.165, 1.54) is 0 Å². The number of rotatable bonds is 5. The Kier molecular flexibility index (Phi) is 4.04. The highest BCUT2D eigenvalue weighted by molar-refractivity contribution is 5.76. The number of aryl methyl sites for hydroxylation is 2. The van der Waals surface area contributed by atoms with E-state index in [1.54, 1.807) is 11.9 Å². The topological polar surface area (TPSA) is 51.9 Å². The van der Waals surface area contributed by atoms with Gasteiger partial charge in [-0.15, -0.1) is 0 Å². The normalized spacial score (nSPS) is 12.5. The van der Waals surface area contributed by atoms with Crippen LogP contribution >= 0.6 is 0 Å². The Morgan fingerprint density at radius 1 is 1.18 bits per heavy atom. The summed E-state index contributed by atoms with van der Waals surface area (Å²) in [4.78, 5) is 13.9. The highest BCUT2D eigenvalue weighted by Gasteiger charge is 2.15. The van der Waals surface area contributed by atoms with Gasteiger partial charge in [0.1, 0.15) is 11.5 Å². The molecule has 0 N–H and O–H groups in total. The molecule has 5 heteroatoms. The highest BCUT2D eigenvalue weighted by Crippen LogP contribution is 2.32. The molecule has 3 rings (SSSR count). The molecule has 2 heterocycles. The molecule has 0 aliphatic carbocycles. The molecule has 0 atom stereocenters. The smallest absolute Gasteiger partial charge is 0.231 e. The molecular weight excluding hydrogens is 282 g/mol. The van der Waals surface area contributed by atoms with Crippen LogP contribution in [0.25, 0.3) is 0 Å². The maximum Gasteiger partial charge on any atom is 0.231 e. The van der Waals surface area contributed by atoms with Crippen LogP contribution in [0.1, 0.15) is 23.5 Å². The first-order valence-corrected chi connectivity index (χ1v) is 7.29. The van der Waals surface area contributed by atoms with E-state index >= 15 is 0 Å². The lowest BCUT2D eigenvalue weighted by Gasteiger charge is -2.15. The van der Waals surface area contributed by atoms with Gasteiger partial charge in [0.2, 0.25) is 12.7 Å². The summed E-state index contributed by atoms with van der Waals surface area (Å²) in [5, 5.41) is 0. The molecule has 5 nitrogen and oxygen atoms in total. The highest BCUT2D eigenvalue weighted by atomic mass is 16.7. The van der Waals surface area contributed by atoms with Crippen LogP contribution in [0.5, 0.6) is 11.5 Å². The SMILES string of the molecule is Cc1ccc(CN(C)C(=O)CCc2ccc3c(c2)OCO3)o1. The first-order valence-electron chi connectivity index (χ1n) is 7.29. The molecule has 0 radical (unpaired) electrons. The lowest BCUT2D eigenvalue weighted by Crippen LogP contribution is -2.26. The summed E-state index contributed by atoms with van der Waals surface area (Å²) < 4.78 is 16.1. The van der Waals surface area contributed by atoms with E-state index in [0.717, 1.165) is 28.6 Å². The molecule has 1 aromatic heterocycles. The second-order valence-corrected chi connectivity index (χ2v) is 5.45. The van der Waals surface area contributed by atoms with Crippen molar-refractivity contribution >= 4 is 5.91 Å². The first kappa shape index (κ1) is 14.5. The lowest BCUT2D eigenvalue weighted by molar-refractivity contribution is -0.130. The quantitative estimate of drug-likeness (QED) is 0.852. The average Bonchev–Trinajstić information content (AvgIpc) is 3.12. The summed E-state index contributed by atoms with van der Waals surface area (Å²) in [6, 6.07) is 9.59. The molecule has 0 saturated carbocycles. The fourth-order valence-corrected chi connectivity index (χ4v) is 2.43. The molecule has 2 aromatic rings. The Morgan fingerprint density at radius 3 is 2.77 bits per heavy atom. The minimum Gasteiger partial charge on any atom is -0.464 e. The van der Waals surface area contributed by atoms with Crippen molar-refractivity contribution in [3.63, 3.8) is 0 Å². The number of amides is 1. The Labute approximate surface area is 129 Å². The van der Waals surface area contributed by atoms with Gasteiger partial charge in [0.15, 0.2) is 11.5 Å². The van der Waals surface area contributed by atoms with Gasteiger partial charge >= 0.3 is 0 Å². The Morgan fingerprint density at radius 2 is 2.00 bits per heavy atom. The van der Waals surface area contributed by atoms with Crippen molar-refractivity contribution < 1.29 is 18.7 Å². The van der Waals surface area contributed by atoms with Gasteiger partial charge in [-0.1, -0.05) is 6.07 Å². The summed E-state index contributed by atoms with van der Waals surface area (Å²) in [7, 11) is 1.79. The Balaban J connectivity index is 1.53. The molecule has 1 amide bonds. The Hall–Kier alpha value is -2.43. The monoisotopic (exact) mass is 301 g/mol. The predicted octanol–water partition coefficient (Wildman–Crippen LogP) is 2.91.